The number of fused-ring (bicyclic) bond motifs is 5. The average molecular weight is 535 g/mol. The molecule has 0 saturated heterocycles. The molecular weight excluding hydrogens is 484 g/mol. The van der Waals surface area contributed by atoms with Crippen LogP contribution in [0.3, 0.4) is 0 Å². The molecule has 4 heteroatoms. The zero-order valence-electron chi connectivity index (χ0n) is 24.9. The first-order valence-electron chi connectivity index (χ1n) is 15.8. The van der Waals surface area contributed by atoms with Gasteiger partial charge >= 0.3 is 11.9 Å². The van der Waals surface area contributed by atoms with Gasteiger partial charge in [-0.25, -0.2) is 9.59 Å². The van der Waals surface area contributed by atoms with Gasteiger partial charge < -0.3 is 9.84 Å². The fourth-order valence-electron chi connectivity index (χ4n) is 9.82. The van der Waals surface area contributed by atoms with E-state index in [9.17, 15) is 14.7 Å². The minimum atomic E-state index is -1.09. The first-order valence-corrected chi connectivity index (χ1v) is 15.8. The van der Waals surface area contributed by atoms with Crippen molar-refractivity contribution in [3.8, 4) is 0 Å². The van der Waals surface area contributed by atoms with Gasteiger partial charge in [0.25, 0.3) is 0 Å². The average Bonchev–Trinajstić information content (AvgIpc) is 3.26. The molecule has 39 heavy (non-hydrogen) atoms. The van der Waals surface area contributed by atoms with Crippen LogP contribution < -0.4 is 0 Å². The van der Waals surface area contributed by atoms with Gasteiger partial charge in [0.1, 0.15) is 6.10 Å². The Hall–Kier alpha value is -2.10. The van der Waals surface area contributed by atoms with Crippen molar-refractivity contribution in [3.05, 3.63) is 47.0 Å². The van der Waals surface area contributed by atoms with Crippen LogP contribution in [0.5, 0.6) is 0 Å². The number of carbonyl (C=O) groups excluding carboxylic acids is 1. The van der Waals surface area contributed by atoms with Crippen LogP contribution in [0.15, 0.2) is 35.9 Å². The fraction of sp³-hybridized carbons (Fsp3) is 0.714. The van der Waals surface area contributed by atoms with Crippen LogP contribution in [0.1, 0.15) is 126 Å². The first-order chi connectivity index (χ1) is 18.5. The Balaban J connectivity index is 1.26. The number of benzene rings is 1. The molecule has 1 aromatic rings. The molecule has 214 valence electrons. The molecule has 4 aliphatic rings. The molecule has 1 aromatic carbocycles. The lowest BCUT2D eigenvalue weighted by Gasteiger charge is -2.58. The molecule has 0 spiro atoms. The number of ether oxygens (including phenoxy) is 1. The Bertz CT molecular complexity index is 1100. The Morgan fingerprint density at radius 3 is 2.44 bits per heavy atom. The number of hydrogen-bond acceptors (Lipinski definition) is 3. The molecule has 0 bridgehead atoms. The molecule has 4 aliphatic carbocycles. The summed E-state index contributed by atoms with van der Waals surface area (Å²) in [6, 6.07) is 6.37. The van der Waals surface area contributed by atoms with E-state index >= 15 is 0 Å². The van der Waals surface area contributed by atoms with E-state index in [-0.39, 0.29) is 22.6 Å². The zero-order valence-corrected chi connectivity index (χ0v) is 24.9. The summed E-state index contributed by atoms with van der Waals surface area (Å²) in [5.74, 6) is 3.26. The maximum Gasteiger partial charge on any atom is 0.339 e. The van der Waals surface area contributed by atoms with Gasteiger partial charge in [-0.3, -0.25) is 0 Å². The lowest BCUT2D eigenvalue weighted by molar-refractivity contribution is -0.0594. The summed E-state index contributed by atoms with van der Waals surface area (Å²) in [6.45, 7) is 12.4. The van der Waals surface area contributed by atoms with Crippen molar-refractivity contribution >= 4 is 11.9 Å². The van der Waals surface area contributed by atoms with Crippen molar-refractivity contribution in [2.75, 3.05) is 0 Å². The third-order valence-corrected chi connectivity index (χ3v) is 11.9. The molecule has 0 unspecified atom stereocenters. The molecular formula is C35H50O4. The predicted molar refractivity (Wildman–Crippen MR) is 156 cm³/mol. The number of esters is 1. The summed E-state index contributed by atoms with van der Waals surface area (Å²) in [7, 11) is 0. The lowest BCUT2D eigenvalue weighted by Crippen LogP contribution is -2.51. The van der Waals surface area contributed by atoms with Crippen LogP contribution in [-0.4, -0.2) is 23.1 Å². The van der Waals surface area contributed by atoms with Crippen molar-refractivity contribution in [3.63, 3.8) is 0 Å². The maximum absolute atomic E-state index is 12.9. The highest BCUT2D eigenvalue weighted by Crippen LogP contribution is 2.67. The molecule has 0 aliphatic heterocycles. The highest BCUT2D eigenvalue weighted by atomic mass is 16.5. The van der Waals surface area contributed by atoms with Crippen molar-refractivity contribution in [2.24, 2.45) is 46.3 Å². The Morgan fingerprint density at radius 1 is 0.974 bits per heavy atom. The van der Waals surface area contributed by atoms with E-state index in [2.05, 4.69) is 40.7 Å². The zero-order chi connectivity index (χ0) is 27.9. The van der Waals surface area contributed by atoms with Crippen molar-refractivity contribution in [1.82, 2.24) is 0 Å². The van der Waals surface area contributed by atoms with Crippen molar-refractivity contribution in [1.29, 1.82) is 0 Å². The van der Waals surface area contributed by atoms with Crippen LogP contribution in [-0.2, 0) is 4.74 Å². The van der Waals surface area contributed by atoms with Gasteiger partial charge in [0.05, 0.1) is 11.1 Å². The number of aromatic carboxylic acids is 1. The molecule has 0 amide bonds. The summed E-state index contributed by atoms with van der Waals surface area (Å²) in [5, 5.41) is 9.49. The number of carbonyl (C=O) groups is 2. The van der Waals surface area contributed by atoms with Crippen LogP contribution in [0.25, 0.3) is 0 Å². The SMILES string of the molecule is CC(C)CCC[C@H](C)[C@H]1CC[C@@H]2[C@@H]3CC=C4C[C@@H](OC(=O)c5ccccc5C(=O)O)CC[C@]4(C)[C@H]3CC[C@@]21C. The fourth-order valence-corrected chi connectivity index (χ4v) is 9.82. The minimum Gasteiger partial charge on any atom is -0.478 e. The molecule has 3 fully saturated rings. The second-order valence-electron chi connectivity index (χ2n) is 14.4. The Morgan fingerprint density at radius 2 is 1.72 bits per heavy atom. The molecule has 8 atom stereocenters. The van der Waals surface area contributed by atoms with Crippen LogP contribution in [0, 0.1) is 46.3 Å². The highest BCUT2D eigenvalue weighted by molar-refractivity contribution is 6.02. The predicted octanol–water partition coefficient (Wildman–Crippen LogP) is 8.95. The van der Waals surface area contributed by atoms with Gasteiger partial charge in [0, 0.05) is 6.42 Å². The largest absolute Gasteiger partial charge is 0.478 e. The van der Waals surface area contributed by atoms with E-state index in [0.717, 1.165) is 54.8 Å². The van der Waals surface area contributed by atoms with Gasteiger partial charge in [0.15, 0.2) is 0 Å². The number of carboxylic acids is 1. The summed E-state index contributed by atoms with van der Waals surface area (Å²) < 4.78 is 5.93. The smallest absolute Gasteiger partial charge is 0.339 e. The molecule has 0 heterocycles. The number of carboxylic acid groups (broad SMARTS) is 1. The van der Waals surface area contributed by atoms with E-state index in [4.69, 9.17) is 4.74 Å². The summed E-state index contributed by atoms with van der Waals surface area (Å²) in [5.41, 5.74) is 2.34. The lowest BCUT2D eigenvalue weighted by atomic mass is 9.47. The normalized spacial score (nSPS) is 36.4. The number of allylic oxidation sites excluding steroid dienone is 1. The van der Waals surface area contributed by atoms with Gasteiger partial charge in [-0.15, -0.1) is 0 Å². The second-order valence-corrected chi connectivity index (χ2v) is 14.4. The summed E-state index contributed by atoms with van der Waals surface area (Å²) in [4.78, 5) is 24.5. The van der Waals surface area contributed by atoms with Gasteiger partial charge in [-0.05, 0) is 103 Å². The summed E-state index contributed by atoms with van der Waals surface area (Å²) >= 11 is 0. The van der Waals surface area contributed by atoms with Gasteiger partial charge in [-0.1, -0.05) is 77.7 Å². The second kappa shape index (κ2) is 11.1. The van der Waals surface area contributed by atoms with Gasteiger partial charge in [0.2, 0.25) is 0 Å². The minimum absolute atomic E-state index is 0.0113. The third-order valence-electron chi connectivity index (χ3n) is 11.9. The third kappa shape index (κ3) is 5.22. The van der Waals surface area contributed by atoms with E-state index < -0.39 is 11.9 Å². The first kappa shape index (κ1) is 28.4. The maximum atomic E-state index is 12.9. The molecule has 1 N–H and O–H groups in total. The Kier molecular flexibility index (Phi) is 8.06. The van der Waals surface area contributed by atoms with E-state index in [1.54, 1.807) is 18.2 Å². The van der Waals surface area contributed by atoms with E-state index in [1.165, 1.54) is 63.0 Å². The molecule has 3 saturated carbocycles. The molecule has 0 aromatic heterocycles. The quantitative estimate of drug-likeness (QED) is 0.267. The molecule has 5 rings (SSSR count). The number of hydrogen-bond donors (Lipinski definition) is 1. The van der Waals surface area contributed by atoms with E-state index in [1.807, 2.05) is 0 Å². The standard InChI is InChI=1S/C35H50O4/c1-22(2)9-8-10-23(3)29-15-16-30-28-14-13-24-21-25(17-19-34(24,4)31(28)18-20-35(29,30)5)39-33(38)27-12-7-6-11-26(27)32(36)37/h6-7,11-13,22-23,25,28-31H,8-10,14-21H2,1-5H3,(H,36,37)/t23-,25-,28-,29+,30+,31-,34-,35+/m0/s1. The summed E-state index contributed by atoms with van der Waals surface area (Å²) in [6.07, 6.45) is 15.9. The van der Waals surface area contributed by atoms with Crippen LogP contribution >= 0.6 is 0 Å². The number of rotatable bonds is 8. The molecule has 0 radical (unpaired) electrons. The van der Waals surface area contributed by atoms with Gasteiger partial charge in [-0.2, -0.15) is 0 Å². The van der Waals surface area contributed by atoms with E-state index in [0.29, 0.717) is 5.41 Å². The van der Waals surface area contributed by atoms with Crippen LogP contribution in [0.2, 0.25) is 0 Å². The topological polar surface area (TPSA) is 63.6 Å². The monoisotopic (exact) mass is 534 g/mol. The van der Waals surface area contributed by atoms with Crippen molar-refractivity contribution < 1.29 is 19.4 Å². The molecule has 4 nitrogen and oxygen atoms in total. The van der Waals surface area contributed by atoms with Crippen molar-refractivity contribution in [2.45, 2.75) is 111 Å². The Labute approximate surface area is 236 Å². The van der Waals surface area contributed by atoms with Crippen LogP contribution in [0.4, 0.5) is 0 Å². The highest BCUT2D eigenvalue weighted by Gasteiger charge is 2.59.